The van der Waals surface area contributed by atoms with Gasteiger partial charge in [-0.3, -0.25) is 4.79 Å². The number of hydrogen-bond donors (Lipinski definition) is 0. The molecule has 5 nitrogen and oxygen atoms in total. The summed E-state index contributed by atoms with van der Waals surface area (Å²) in [6, 6.07) is 16.1. The molecule has 2 aromatic heterocycles. The van der Waals surface area contributed by atoms with Gasteiger partial charge in [-0.05, 0) is 35.0 Å². The number of nitrogens with zero attached hydrogens (tertiary/aromatic N) is 2. The predicted octanol–water partition coefficient (Wildman–Crippen LogP) is 5.64. The molecule has 5 aromatic rings. The van der Waals surface area contributed by atoms with E-state index in [2.05, 4.69) is 10.9 Å². The van der Waals surface area contributed by atoms with Crippen molar-refractivity contribution < 1.29 is 9.21 Å². The maximum Gasteiger partial charge on any atom is 0.349 e. The largest absolute Gasteiger partial charge is 0.422 e. The summed E-state index contributed by atoms with van der Waals surface area (Å²) >= 11 is 13.7. The fraction of sp³-hybridized carbons (Fsp3) is 0.0417. The van der Waals surface area contributed by atoms with Gasteiger partial charge < -0.3 is 8.98 Å². The van der Waals surface area contributed by atoms with Crippen LogP contribution in [-0.2, 0) is 6.54 Å². The molecule has 0 bridgehead atoms. The number of carbonyl (C=O) groups is 1. The highest BCUT2D eigenvalue weighted by Gasteiger charge is 2.17. The molecule has 0 aliphatic heterocycles. The van der Waals surface area contributed by atoms with Crippen molar-refractivity contribution in [2.24, 2.45) is 4.99 Å². The topological polar surface area (TPSA) is 64.6 Å². The van der Waals surface area contributed by atoms with Crippen molar-refractivity contribution in [2.75, 3.05) is 0 Å². The lowest BCUT2D eigenvalue weighted by Gasteiger charge is -2.04. The number of terminal acetylenes is 1. The summed E-state index contributed by atoms with van der Waals surface area (Å²) in [5, 5.41) is 3.34. The Bertz CT molecular complexity index is 1740. The van der Waals surface area contributed by atoms with Gasteiger partial charge in [0.15, 0.2) is 4.80 Å². The molecular weight excluding hydrogens is 467 g/mol. The minimum atomic E-state index is -0.757. The number of hydrogen-bond acceptors (Lipinski definition) is 4. The second kappa shape index (κ2) is 7.95. The van der Waals surface area contributed by atoms with Gasteiger partial charge in [-0.25, -0.2) is 4.79 Å². The zero-order valence-corrected chi connectivity index (χ0v) is 18.6. The first-order valence-corrected chi connectivity index (χ1v) is 11.0. The van der Waals surface area contributed by atoms with Gasteiger partial charge in [-0.2, -0.15) is 4.99 Å². The van der Waals surface area contributed by atoms with Gasteiger partial charge in [0, 0.05) is 10.4 Å². The van der Waals surface area contributed by atoms with Crippen molar-refractivity contribution in [3.63, 3.8) is 0 Å². The van der Waals surface area contributed by atoms with Crippen LogP contribution >= 0.6 is 34.5 Å². The van der Waals surface area contributed by atoms with Crippen LogP contribution in [0.25, 0.3) is 32.0 Å². The minimum absolute atomic E-state index is 0.143. The first kappa shape index (κ1) is 20.5. The van der Waals surface area contributed by atoms with E-state index in [1.807, 2.05) is 30.3 Å². The zero-order chi connectivity index (χ0) is 22.4. The number of amides is 1. The Labute approximate surface area is 195 Å². The molecule has 0 saturated heterocycles. The molecule has 0 aliphatic rings. The van der Waals surface area contributed by atoms with E-state index in [0.29, 0.717) is 31.3 Å². The first-order chi connectivity index (χ1) is 15.5. The summed E-state index contributed by atoms with van der Waals surface area (Å²) in [7, 11) is 0. The molecule has 1 amide bonds. The fourth-order valence-corrected chi connectivity index (χ4v) is 5.43. The normalized spacial score (nSPS) is 12.0. The maximum absolute atomic E-state index is 13.1. The van der Waals surface area contributed by atoms with Crippen LogP contribution in [0.4, 0.5) is 0 Å². The molecule has 8 heteroatoms. The van der Waals surface area contributed by atoms with Crippen molar-refractivity contribution in [3.05, 3.63) is 85.4 Å². The fourth-order valence-electron chi connectivity index (χ4n) is 3.62. The lowest BCUT2D eigenvalue weighted by molar-refractivity contribution is 0.0994. The van der Waals surface area contributed by atoms with Gasteiger partial charge in [-0.1, -0.05) is 70.8 Å². The van der Waals surface area contributed by atoms with Crippen LogP contribution in [0.5, 0.6) is 0 Å². The molecule has 0 atom stereocenters. The Hall–Kier alpha value is -3.37. The van der Waals surface area contributed by atoms with Crippen molar-refractivity contribution in [2.45, 2.75) is 6.54 Å². The van der Waals surface area contributed by atoms with Crippen molar-refractivity contribution in [3.8, 4) is 12.3 Å². The Morgan fingerprint density at radius 1 is 1.12 bits per heavy atom. The molecule has 5 rings (SSSR count). The van der Waals surface area contributed by atoms with E-state index in [9.17, 15) is 9.59 Å². The van der Waals surface area contributed by atoms with Crippen LogP contribution in [-0.4, -0.2) is 10.5 Å². The summed E-state index contributed by atoms with van der Waals surface area (Å²) in [5.41, 5.74) is 0.105. The summed E-state index contributed by atoms with van der Waals surface area (Å²) in [6.45, 7) is 0.143. The second-order valence-electron chi connectivity index (χ2n) is 6.97. The molecule has 32 heavy (non-hydrogen) atoms. The maximum atomic E-state index is 13.1. The van der Waals surface area contributed by atoms with Gasteiger partial charge in [-0.15, -0.1) is 6.42 Å². The highest BCUT2D eigenvalue weighted by Crippen LogP contribution is 2.30. The zero-order valence-electron chi connectivity index (χ0n) is 16.3. The molecule has 0 N–H and O–H groups in total. The van der Waals surface area contributed by atoms with Crippen molar-refractivity contribution in [1.82, 2.24) is 4.57 Å². The van der Waals surface area contributed by atoms with E-state index in [1.165, 1.54) is 17.4 Å². The van der Waals surface area contributed by atoms with Crippen LogP contribution < -0.4 is 10.4 Å². The molecule has 0 spiro atoms. The standard InChI is InChI=1S/C24H12Cl2N2O3S/c1-2-9-28-21-18(26)10-14(25)11-20(21)32-24(28)27-22(29)17-12-16-15-6-4-3-5-13(15)7-8-19(16)31-23(17)30/h1,3-8,10-12H,9H2. The van der Waals surface area contributed by atoms with E-state index < -0.39 is 11.5 Å². The monoisotopic (exact) mass is 478 g/mol. The van der Waals surface area contributed by atoms with Gasteiger partial charge in [0.2, 0.25) is 0 Å². The van der Waals surface area contributed by atoms with E-state index in [-0.39, 0.29) is 12.1 Å². The average molecular weight is 479 g/mol. The van der Waals surface area contributed by atoms with Crippen LogP contribution in [0.1, 0.15) is 10.4 Å². The Balaban J connectivity index is 1.74. The lowest BCUT2D eigenvalue weighted by atomic mass is 10.0. The van der Waals surface area contributed by atoms with Crippen molar-refractivity contribution in [1.29, 1.82) is 0 Å². The molecule has 0 unspecified atom stereocenters. The van der Waals surface area contributed by atoms with Crippen LogP contribution in [0.15, 0.2) is 68.8 Å². The minimum Gasteiger partial charge on any atom is -0.422 e. The van der Waals surface area contributed by atoms with E-state index in [1.54, 1.807) is 22.8 Å². The molecule has 0 fully saturated rings. The number of rotatable bonds is 2. The van der Waals surface area contributed by atoms with Gasteiger partial charge >= 0.3 is 5.63 Å². The molecular formula is C24H12Cl2N2O3S. The van der Waals surface area contributed by atoms with Gasteiger partial charge in [0.1, 0.15) is 11.1 Å². The number of halogens is 2. The smallest absolute Gasteiger partial charge is 0.349 e. The summed E-state index contributed by atoms with van der Waals surface area (Å²) in [6.07, 6.45) is 5.51. The van der Waals surface area contributed by atoms with E-state index in [0.717, 1.165) is 15.5 Å². The SMILES string of the molecule is C#CCn1c(=NC(=O)c2cc3c(ccc4ccccc43)oc2=O)sc2cc(Cl)cc(Cl)c21. The van der Waals surface area contributed by atoms with E-state index in [4.69, 9.17) is 34.0 Å². The second-order valence-corrected chi connectivity index (χ2v) is 8.82. The summed E-state index contributed by atoms with van der Waals surface area (Å²) in [5.74, 6) is 1.81. The predicted molar refractivity (Wildman–Crippen MR) is 129 cm³/mol. The molecule has 3 aromatic carbocycles. The number of carbonyl (C=O) groups excluding carboxylic acids is 1. The molecule has 0 aliphatic carbocycles. The van der Waals surface area contributed by atoms with Crippen LogP contribution in [0.3, 0.4) is 0 Å². The van der Waals surface area contributed by atoms with Gasteiger partial charge in [0.25, 0.3) is 5.91 Å². The third kappa shape index (κ3) is 3.41. The van der Waals surface area contributed by atoms with Crippen LogP contribution in [0, 0.1) is 12.3 Å². The molecule has 0 radical (unpaired) electrons. The number of fused-ring (bicyclic) bond motifs is 4. The van der Waals surface area contributed by atoms with Crippen LogP contribution in [0.2, 0.25) is 10.0 Å². The molecule has 156 valence electrons. The number of thiazole rings is 1. The summed E-state index contributed by atoms with van der Waals surface area (Å²) < 4.78 is 7.79. The Morgan fingerprint density at radius 2 is 1.94 bits per heavy atom. The highest BCUT2D eigenvalue weighted by atomic mass is 35.5. The number of benzene rings is 3. The third-order valence-corrected chi connectivity index (χ3v) is 6.55. The Morgan fingerprint density at radius 3 is 2.75 bits per heavy atom. The lowest BCUT2D eigenvalue weighted by Crippen LogP contribution is -2.19. The van der Waals surface area contributed by atoms with E-state index >= 15 is 0 Å². The summed E-state index contributed by atoms with van der Waals surface area (Å²) in [4.78, 5) is 30.1. The highest BCUT2D eigenvalue weighted by molar-refractivity contribution is 7.16. The Kier molecular flexibility index (Phi) is 5.10. The third-order valence-electron chi connectivity index (χ3n) is 5.01. The first-order valence-electron chi connectivity index (χ1n) is 9.43. The molecule has 0 saturated carbocycles. The molecule has 2 heterocycles. The van der Waals surface area contributed by atoms with Crippen molar-refractivity contribution >= 4 is 72.4 Å². The quantitative estimate of drug-likeness (QED) is 0.187. The average Bonchev–Trinajstić information content (AvgIpc) is 3.10. The van der Waals surface area contributed by atoms with Gasteiger partial charge in [0.05, 0.1) is 21.8 Å². The number of aromatic nitrogens is 1.